The molecule has 18 heavy (non-hydrogen) atoms. The van der Waals surface area contributed by atoms with E-state index in [1.54, 1.807) is 6.92 Å². The van der Waals surface area contributed by atoms with Crippen molar-refractivity contribution in [1.82, 2.24) is 9.78 Å². The molecule has 0 amide bonds. The monoisotopic (exact) mass is 322 g/mol. The first-order chi connectivity index (χ1) is 8.54. The molecule has 0 spiro atoms. The van der Waals surface area contributed by atoms with E-state index in [2.05, 4.69) is 21.0 Å². The maximum absolute atomic E-state index is 12.8. The van der Waals surface area contributed by atoms with Crippen LogP contribution in [0.2, 0.25) is 0 Å². The van der Waals surface area contributed by atoms with Gasteiger partial charge in [0.05, 0.1) is 16.8 Å². The maximum Gasteiger partial charge on any atom is 0.327 e. The normalized spacial score (nSPS) is 15.2. The third-order valence-electron chi connectivity index (χ3n) is 2.71. The van der Waals surface area contributed by atoms with Gasteiger partial charge in [-0.1, -0.05) is 0 Å². The molecular weight excluding hydrogens is 310 g/mol. The van der Waals surface area contributed by atoms with Gasteiger partial charge in [-0.2, -0.15) is 5.10 Å². The molecule has 0 saturated heterocycles. The molecule has 1 aliphatic rings. The average molecular weight is 323 g/mol. The summed E-state index contributed by atoms with van der Waals surface area (Å²) in [7, 11) is 0. The first-order valence-corrected chi connectivity index (χ1v) is 6.53. The molecule has 1 aliphatic carbocycles. The van der Waals surface area contributed by atoms with E-state index < -0.39 is 12.4 Å². The van der Waals surface area contributed by atoms with Gasteiger partial charge in [0.15, 0.2) is 0 Å². The predicted octanol–water partition coefficient (Wildman–Crippen LogP) is 3.02. The number of rotatable bonds is 5. The summed E-state index contributed by atoms with van der Waals surface area (Å²) in [5.74, 6) is -0.246. The number of aromatic nitrogens is 2. The highest BCUT2D eigenvalue weighted by Crippen LogP contribution is 2.45. The lowest BCUT2D eigenvalue weighted by molar-refractivity contribution is -0.144. The SMILES string of the molecule is CCOC(=O)Cn1nc(C(F)F)c(Br)c1C1CC1. The van der Waals surface area contributed by atoms with Gasteiger partial charge in [-0.3, -0.25) is 9.48 Å². The van der Waals surface area contributed by atoms with E-state index in [-0.39, 0.29) is 24.8 Å². The quantitative estimate of drug-likeness (QED) is 0.783. The average Bonchev–Trinajstić information content (AvgIpc) is 3.05. The third-order valence-corrected chi connectivity index (χ3v) is 3.52. The molecule has 7 heteroatoms. The van der Waals surface area contributed by atoms with E-state index in [4.69, 9.17) is 4.74 Å². The van der Waals surface area contributed by atoms with Gasteiger partial charge in [-0.05, 0) is 35.7 Å². The van der Waals surface area contributed by atoms with Gasteiger partial charge in [-0.15, -0.1) is 0 Å². The molecule has 1 aromatic rings. The Kier molecular flexibility index (Phi) is 3.99. The first-order valence-electron chi connectivity index (χ1n) is 5.74. The molecular formula is C11H13BrF2N2O2. The van der Waals surface area contributed by atoms with Crippen molar-refractivity contribution in [3.63, 3.8) is 0 Å². The smallest absolute Gasteiger partial charge is 0.327 e. The number of hydrogen-bond acceptors (Lipinski definition) is 3. The zero-order valence-corrected chi connectivity index (χ0v) is 11.4. The zero-order chi connectivity index (χ0) is 13.3. The van der Waals surface area contributed by atoms with Gasteiger partial charge in [0.25, 0.3) is 6.43 Å². The Labute approximate surface area is 111 Å². The minimum Gasteiger partial charge on any atom is -0.465 e. The summed E-state index contributed by atoms with van der Waals surface area (Å²) in [6.45, 7) is 1.84. The Morgan fingerprint density at radius 1 is 1.61 bits per heavy atom. The molecule has 1 saturated carbocycles. The lowest BCUT2D eigenvalue weighted by Gasteiger charge is -2.06. The maximum atomic E-state index is 12.8. The molecule has 0 unspecified atom stereocenters. The molecule has 0 aromatic carbocycles. The van der Waals surface area contributed by atoms with Gasteiger partial charge in [-0.25, -0.2) is 8.78 Å². The summed E-state index contributed by atoms with van der Waals surface area (Å²) < 4.78 is 32.0. The van der Waals surface area contributed by atoms with Gasteiger partial charge in [0.2, 0.25) is 0 Å². The van der Waals surface area contributed by atoms with Crippen molar-refractivity contribution in [2.24, 2.45) is 0 Å². The number of halogens is 3. The molecule has 0 bridgehead atoms. The fourth-order valence-electron chi connectivity index (χ4n) is 1.81. The molecule has 100 valence electrons. The van der Waals surface area contributed by atoms with Crippen LogP contribution in [0.5, 0.6) is 0 Å². The lowest BCUT2D eigenvalue weighted by atomic mass is 10.2. The summed E-state index contributed by atoms with van der Waals surface area (Å²) in [6.07, 6.45) is -0.772. The van der Waals surface area contributed by atoms with Crippen LogP contribution in [-0.4, -0.2) is 22.4 Å². The largest absolute Gasteiger partial charge is 0.465 e. The number of alkyl halides is 2. The minimum absolute atomic E-state index is 0.120. The molecule has 2 rings (SSSR count). The summed E-state index contributed by atoms with van der Waals surface area (Å²) >= 11 is 3.16. The fraction of sp³-hybridized carbons (Fsp3) is 0.636. The van der Waals surface area contributed by atoms with E-state index in [1.165, 1.54) is 4.68 Å². The Balaban J connectivity index is 2.27. The Morgan fingerprint density at radius 3 is 2.78 bits per heavy atom. The van der Waals surface area contributed by atoms with E-state index in [9.17, 15) is 13.6 Å². The molecule has 4 nitrogen and oxygen atoms in total. The van der Waals surface area contributed by atoms with Crippen molar-refractivity contribution in [3.8, 4) is 0 Å². The van der Waals surface area contributed by atoms with Crippen LogP contribution in [0.1, 0.15) is 43.5 Å². The third kappa shape index (κ3) is 2.71. The zero-order valence-electron chi connectivity index (χ0n) is 9.83. The van der Waals surface area contributed by atoms with Crippen molar-refractivity contribution in [2.75, 3.05) is 6.61 Å². The lowest BCUT2D eigenvalue weighted by Crippen LogP contribution is -2.16. The summed E-state index contributed by atoms with van der Waals surface area (Å²) in [4.78, 5) is 11.4. The van der Waals surface area contributed by atoms with Gasteiger partial charge in [0, 0.05) is 5.92 Å². The predicted molar refractivity (Wildman–Crippen MR) is 63.5 cm³/mol. The highest BCUT2D eigenvalue weighted by atomic mass is 79.9. The Morgan fingerprint density at radius 2 is 2.28 bits per heavy atom. The Hall–Kier alpha value is -0.980. The van der Waals surface area contributed by atoms with Crippen molar-refractivity contribution >= 4 is 21.9 Å². The van der Waals surface area contributed by atoms with E-state index in [0.717, 1.165) is 12.8 Å². The summed E-state index contributed by atoms with van der Waals surface area (Å²) in [5.41, 5.74) is 0.375. The highest BCUT2D eigenvalue weighted by Gasteiger charge is 2.34. The van der Waals surface area contributed by atoms with Crippen LogP contribution in [0, 0.1) is 0 Å². The molecule has 0 N–H and O–H groups in total. The van der Waals surface area contributed by atoms with Crippen LogP contribution < -0.4 is 0 Å². The molecule has 0 aliphatic heterocycles. The molecule has 0 radical (unpaired) electrons. The molecule has 0 atom stereocenters. The second-order valence-corrected chi connectivity index (χ2v) is 4.92. The number of carbonyl (C=O) groups excluding carboxylic acids is 1. The van der Waals surface area contributed by atoms with Gasteiger partial charge >= 0.3 is 5.97 Å². The number of ether oxygens (including phenoxy) is 1. The topological polar surface area (TPSA) is 44.1 Å². The van der Waals surface area contributed by atoms with Crippen molar-refractivity contribution < 1.29 is 18.3 Å². The van der Waals surface area contributed by atoms with Gasteiger partial charge < -0.3 is 4.74 Å². The van der Waals surface area contributed by atoms with Crippen molar-refractivity contribution in [3.05, 3.63) is 15.9 Å². The number of nitrogens with zero attached hydrogens (tertiary/aromatic N) is 2. The van der Waals surface area contributed by atoms with Crippen LogP contribution in [0.15, 0.2) is 4.47 Å². The molecule has 1 aromatic heterocycles. The van der Waals surface area contributed by atoms with E-state index in [0.29, 0.717) is 10.2 Å². The van der Waals surface area contributed by atoms with Crippen molar-refractivity contribution in [1.29, 1.82) is 0 Å². The second-order valence-electron chi connectivity index (χ2n) is 4.12. The number of hydrogen-bond donors (Lipinski definition) is 0. The van der Waals surface area contributed by atoms with E-state index >= 15 is 0 Å². The van der Waals surface area contributed by atoms with Crippen LogP contribution >= 0.6 is 15.9 Å². The van der Waals surface area contributed by atoms with E-state index in [1.807, 2.05) is 0 Å². The number of esters is 1. The minimum atomic E-state index is -2.65. The van der Waals surface area contributed by atoms with Gasteiger partial charge in [0.1, 0.15) is 12.2 Å². The van der Waals surface area contributed by atoms with Crippen molar-refractivity contribution in [2.45, 2.75) is 38.7 Å². The molecule has 1 heterocycles. The summed E-state index contributed by atoms with van der Waals surface area (Å²) in [6, 6.07) is 0. The highest BCUT2D eigenvalue weighted by molar-refractivity contribution is 9.10. The standard InChI is InChI=1S/C11H13BrF2N2O2/c1-2-18-7(17)5-16-10(6-3-4-6)8(12)9(15-16)11(13)14/h6,11H,2-5H2,1H3. The number of carbonyl (C=O) groups is 1. The molecule has 1 fully saturated rings. The van der Waals surface area contributed by atoms with Crippen LogP contribution in [0.4, 0.5) is 8.78 Å². The second kappa shape index (κ2) is 5.34. The van der Waals surface area contributed by atoms with Crippen LogP contribution in [0.25, 0.3) is 0 Å². The van der Waals surface area contributed by atoms with Crippen LogP contribution in [-0.2, 0) is 16.1 Å². The summed E-state index contributed by atoms with van der Waals surface area (Å²) in [5, 5.41) is 3.81. The first kappa shape index (κ1) is 13.5. The Bertz CT molecular complexity index is 458. The fourth-order valence-corrected chi connectivity index (χ4v) is 2.59. The van der Waals surface area contributed by atoms with Crippen LogP contribution in [0.3, 0.4) is 0 Å².